The maximum atomic E-state index is 5.83. The quantitative estimate of drug-likeness (QED) is 0.831. The Balaban J connectivity index is 2.09. The molecule has 0 aliphatic heterocycles. The summed E-state index contributed by atoms with van der Waals surface area (Å²) in [5.41, 5.74) is 1.22. The Kier molecular flexibility index (Phi) is 5.56. The molecule has 1 N–H and O–H groups in total. The molecule has 20 heavy (non-hydrogen) atoms. The van der Waals surface area contributed by atoms with Gasteiger partial charge in [-0.05, 0) is 59.6 Å². The summed E-state index contributed by atoms with van der Waals surface area (Å²) in [7, 11) is 0. The molecule has 1 atom stereocenters. The number of hydrogen-bond acceptors (Lipinski definition) is 3. The van der Waals surface area contributed by atoms with Crippen LogP contribution in [0.25, 0.3) is 0 Å². The lowest BCUT2D eigenvalue weighted by Crippen LogP contribution is -2.19. The molecule has 0 spiro atoms. The topological polar surface area (TPSA) is 34.1 Å². The molecule has 0 saturated carbocycles. The second-order valence-corrected chi connectivity index (χ2v) is 5.60. The van der Waals surface area contributed by atoms with Crippen LogP contribution in [0, 0.1) is 0 Å². The van der Waals surface area contributed by atoms with Crippen molar-refractivity contribution in [2.75, 3.05) is 6.54 Å². The number of rotatable bonds is 6. The predicted octanol–water partition coefficient (Wildman–Crippen LogP) is 4.70. The fraction of sp³-hybridized carbons (Fsp3) is 0.312. The summed E-state index contributed by atoms with van der Waals surface area (Å²) in [4.78, 5) is 4.09. The molecular formula is C16H19BrN2O. The zero-order valence-electron chi connectivity index (χ0n) is 11.8. The number of nitrogens with zero attached hydrogens (tertiary/aromatic N) is 1. The second kappa shape index (κ2) is 7.41. The second-order valence-electron chi connectivity index (χ2n) is 4.69. The van der Waals surface area contributed by atoms with Gasteiger partial charge in [-0.3, -0.25) is 4.98 Å². The average molecular weight is 335 g/mol. The number of ether oxygens (including phenoxy) is 1. The molecule has 0 fully saturated rings. The van der Waals surface area contributed by atoms with Crippen LogP contribution in [0.5, 0.6) is 11.5 Å². The number of hydrogen-bond donors (Lipinski definition) is 1. The van der Waals surface area contributed by atoms with Gasteiger partial charge in [-0.25, -0.2) is 0 Å². The van der Waals surface area contributed by atoms with Crippen molar-refractivity contribution in [3.8, 4) is 11.5 Å². The first-order valence-corrected chi connectivity index (χ1v) is 7.60. The lowest BCUT2D eigenvalue weighted by atomic mass is 10.1. The summed E-state index contributed by atoms with van der Waals surface area (Å²) in [6, 6.07) is 10.4. The molecule has 0 amide bonds. The van der Waals surface area contributed by atoms with Crippen LogP contribution in [0.1, 0.15) is 31.9 Å². The first-order valence-electron chi connectivity index (χ1n) is 6.81. The molecule has 106 valence electrons. The Bertz CT molecular complexity index is 560. The minimum atomic E-state index is 0.319. The zero-order valence-corrected chi connectivity index (χ0v) is 13.4. The summed E-state index contributed by atoms with van der Waals surface area (Å²) in [5, 5.41) is 3.47. The van der Waals surface area contributed by atoms with E-state index in [0.717, 1.165) is 28.9 Å². The van der Waals surface area contributed by atoms with Crippen LogP contribution in [-0.4, -0.2) is 11.5 Å². The van der Waals surface area contributed by atoms with Crippen molar-refractivity contribution in [1.29, 1.82) is 0 Å². The largest absolute Gasteiger partial charge is 0.456 e. The van der Waals surface area contributed by atoms with Gasteiger partial charge in [-0.1, -0.05) is 19.1 Å². The van der Waals surface area contributed by atoms with Crippen molar-refractivity contribution < 1.29 is 4.74 Å². The fourth-order valence-electron chi connectivity index (χ4n) is 1.91. The summed E-state index contributed by atoms with van der Waals surface area (Å²) >= 11 is 3.39. The fourth-order valence-corrected chi connectivity index (χ4v) is 2.25. The summed E-state index contributed by atoms with van der Waals surface area (Å²) in [5.74, 6) is 1.55. The molecule has 1 aromatic heterocycles. The highest BCUT2D eigenvalue weighted by Crippen LogP contribution is 2.25. The molecule has 3 nitrogen and oxygen atoms in total. The molecular weight excluding hydrogens is 316 g/mol. The third-order valence-electron chi connectivity index (χ3n) is 2.97. The Morgan fingerprint density at radius 3 is 2.85 bits per heavy atom. The summed E-state index contributed by atoms with van der Waals surface area (Å²) < 4.78 is 6.74. The third kappa shape index (κ3) is 4.32. The molecule has 0 aliphatic carbocycles. The molecule has 0 bridgehead atoms. The van der Waals surface area contributed by atoms with Gasteiger partial charge < -0.3 is 10.1 Å². The van der Waals surface area contributed by atoms with Crippen LogP contribution in [0.3, 0.4) is 0 Å². The van der Waals surface area contributed by atoms with Gasteiger partial charge in [0.05, 0.1) is 6.20 Å². The highest BCUT2D eigenvalue weighted by atomic mass is 79.9. The summed E-state index contributed by atoms with van der Waals surface area (Å²) in [6.45, 7) is 5.34. The first-order chi connectivity index (χ1) is 9.69. The van der Waals surface area contributed by atoms with Gasteiger partial charge in [0.25, 0.3) is 0 Å². The van der Waals surface area contributed by atoms with Gasteiger partial charge in [0.15, 0.2) is 0 Å². The molecule has 1 unspecified atom stereocenters. The minimum absolute atomic E-state index is 0.319. The monoisotopic (exact) mass is 334 g/mol. The Morgan fingerprint density at radius 2 is 2.10 bits per heavy atom. The van der Waals surface area contributed by atoms with Gasteiger partial charge >= 0.3 is 0 Å². The van der Waals surface area contributed by atoms with Gasteiger partial charge in [0, 0.05) is 16.7 Å². The Labute approximate surface area is 128 Å². The van der Waals surface area contributed by atoms with Crippen LogP contribution < -0.4 is 10.1 Å². The molecule has 0 saturated heterocycles. The van der Waals surface area contributed by atoms with Crippen molar-refractivity contribution in [1.82, 2.24) is 10.3 Å². The van der Waals surface area contributed by atoms with E-state index < -0.39 is 0 Å². The van der Waals surface area contributed by atoms with E-state index in [-0.39, 0.29) is 0 Å². The number of benzene rings is 1. The molecule has 2 aromatic rings. The number of pyridine rings is 1. The van der Waals surface area contributed by atoms with Crippen molar-refractivity contribution in [3.63, 3.8) is 0 Å². The van der Waals surface area contributed by atoms with Crippen molar-refractivity contribution in [3.05, 3.63) is 52.8 Å². The lowest BCUT2D eigenvalue weighted by Gasteiger charge is -2.15. The molecule has 0 aliphatic rings. The van der Waals surface area contributed by atoms with E-state index in [9.17, 15) is 0 Å². The Morgan fingerprint density at radius 1 is 1.25 bits per heavy atom. The van der Waals surface area contributed by atoms with Gasteiger partial charge in [0.1, 0.15) is 11.5 Å². The zero-order chi connectivity index (χ0) is 14.4. The van der Waals surface area contributed by atoms with Crippen molar-refractivity contribution in [2.45, 2.75) is 26.3 Å². The SMILES string of the molecule is CCCNC(C)c1cccc(Oc2cncc(Br)c2)c1. The van der Waals surface area contributed by atoms with E-state index in [1.165, 1.54) is 5.56 Å². The van der Waals surface area contributed by atoms with Crippen LogP contribution in [-0.2, 0) is 0 Å². The maximum absolute atomic E-state index is 5.83. The molecule has 1 heterocycles. The lowest BCUT2D eigenvalue weighted by molar-refractivity contribution is 0.477. The van der Waals surface area contributed by atoms with E-state index in [1.54, 1.807) is 12.4 Å². The first kappa shape index (κ1) is 15.0. The standard InChI is InChI=1S/C16H19BrN2O/c1-3-7-19-12(2)13-5-4-6-15(8-13)20-16-9-14(17)10-18-11-16/h4-6,8-12,19H,3,7H2,1-2H3. The molecule has 0 radical (unpaired) electrons. The van der Waals surface area contributed by atoms with E-state index in [2.05, 4.69) is 52.2 Å². The van der Waals surface area contributed by atoms with E-state index in [1.807, 2.05) is 18.2 Å². The van der Waals surface area contributed by atoms with Crippen LogP contribution >= 0.6 is 15.9 Å². The van der Waals surface area contributed by atoms with E-state index in [4.69, 9.17) is 4.74 Å². The normalized spacial score (nSPS) is 12.2. The van der Waals surface area contributed by atoms with Gasteiger partial charge in [-0.15, -0.1) is 0 Å². The highest BCUT2D eigenvalue weighted by molar-refractivity contribution is 9.10. The molecule has 4 heteroatoms. The third-order valence-corrected chi connectivity index (χ3v) is 3.41. The van der Waals surface area contributed by atoms with Crippen molar-refractivity contribution >= 4 is 15.9 Å². The Hall–Kier alpha value is -1.39. The molecule has 1 aromatic carbocycles. The van der Waals surface area contributed by atoms with Crippen LogP contribution in [0.15, 0.2) is 47.2 Å². The van der Waals surface area contributed by atoms with Crippen LogP contribution in [0.2, 0.25) is 0 Å². The van der Waals surface area contributed by atoms with E-state index in [0.29, 0.717) is 6.04 Å². The average Bonchev–Trinajstić information content (AvgIpc) is 2.45. The number of nitrogens with one attached hydrogen (secondary N) is 1. The number of aromatic nitrogens is 1. The van der Waals surface area contributed by atoms with Crippen molar-refractivity contribution in [2.24, 2.45) is 0 Å². The summed E-state index contributed by atoms with van der Waals surface area (Å²) in [6.07, 6.45) is 4.57. The minimum Gasteiger partial charge on any atom is -0.456 e. The predicted molar refractivity (Wildman–Crippen MR) is 85.2 cm³/mol. The molecule has 2 rings (SSSR count). The van der Waals surface area contributed by atoms with Crippen LogP contribution in [0.4, 0.5) is 0 Å². The van der Waals surface area contributed by atoms with Gasteiger partial charge in [0.2, 0.25) is 0 Å². The number of halogens is 1. The smallest absolute Gasteiger partial charge is 0.146 e. The van der Waals surface area contributed by atoms with Gasteiger partial charge in [-0.2, -0.15) is 0 Å². The highest BCUT2D eigenvalue weighted by Gasteiger charge is 2.06. The maximum Gasteiger partial charge on any atom is 0.146 e. The van der Waals surface area contributed by atoms with E-state index >= 15 is 0 Å².